The van der Waals surface area contributed by atoms with Gasteiger partial charge in [-0.15, -0.1) is 0 Å². The molecule has 1 aliphatic rings. The number of hydrogen-bond acceptors (Lipinski definition) is 8. The van der Waals surface area contributed by atoms with Gasteiger partial charge in [-0.3, -0.25) is 14.8 Å². The molecule has 1 fully saturated rings. The van der Waals surface area contributed by atoms with Gasteiger partial charge in [-0.25, -0.2) is 4.79 Å². The highest BCUT2D eigenvalue weighted by molar-refractivity contribution is 5.83. The number of para-hydroxylation sites is 1. The van der Waals surface area contributed by atoms with Crippen molar-refractivity contribution in [1.82, 2.24) is 9.78 Å². The summed E-state index contributed by atoms with van der Waals surface area (Å²) in [5, 5.41) is 27.6. The minimum absolute atomic E-state index is 0.00694. The van der Waals surface area contributed by atoms with Crippen LogP contribution in [0.1, 0.15) is 24.6 Å². The summed E-state index contributed by atoms with van der Waals surface area (Å²) in [4.78, 5) is 23.2. The van der Waals surface area contributed by atoms with E-state index in [0.29, 0.717) is 17.6 Å². The summed E-state index contributed by atoms with van der Waals surface area (Å²) in [6.07, 6.45) is -2.38. The maximum Gasteiger partial charge on any atom is 0.342 e. The zero-order valence-corrected chi connectivity index (χ0v) is 18.1. The lowest BCUT2D eigenvalue weighted by Gasteiger charge is -2.28. The van der Waals surface area contributed by atoms with Crippen LogP contribution in [-0.2, 0) is 31.3 Å². The quantitative estimate of drug-likeness (QED) is 0.296. The van der Waals surface area contributed by atoms with Crippen molar-refractivity contribution in [2.75, 3.05) is 19.8 Å². The third kappa shape index (κ3) is 4.58. The first kappa shape index (κ1) is 22.8. The minimum atomic E-state index is -1.97. The number of aromatic nitrogens is 2. The van der Waals surface area contributed by atoms with E-state index >= 15 is 0 Å². The highest BCUT2D eigenvalue weighted by Crippen LogP contribution is 2.40. The van der Waals surface area contributed by atoms with E-state index in [4.69, 9.17) is 19.3 Å². The Morgan fingerprint density at radius 1 is 1.21 bits per heavy atom. The molecule has 0 bridgehead atoms. The molecule has 0 radical (unpaired) electrons. The van der Waals surface area contributed by atoms with Gasteiger partial charge in [-0.1, -0.05) is 48.5 Å². The van der Waals surface area contributed by atoms with Gasteiger partial charge >= 0.3 is 5.97 Å². The Kier molecular flexibility index (Phi) is 6.68. The van der Waals surface area contributed by atoms with Crippen molar-refractivity contribution >= 4 is 16.9 Å². The zero-order valence-electron chi connectivity index (χ0n) is 18.1. The predicted octanol–water partition coefficient (Wildman–Crippen LogP) is 2.24. The number of fused-ring (bicyclic) bond motifs is 1. The minimum Gasteiger partial charge on any atom is -0.464 e. The van der Waals surface area contributed by atoms with Crippen LogP contribution in [0.5, 0.6) is 0 Å². The van der Waals surface area contributed by atoms with Crippen LogP contribution in [0.4, 0.5) is 0 Å². The van der Waals surface area contributed by atoms with Crippen LogP contribution in [0.15, 0.2) is 54.6 Å². The van der Waals surface area contributed by atoms with Crippen molar-refractivity contribution in [2.45, 2.75) is 37.8 Å². The van der Waals surface area contributed by atoms with E-state index in [-0.39, 0.29) is 19.8 Å². The first-order chi connectivity index (χ1) is 15.9. The number of carbonyl (C=O) groups excluding carboxylic acids is 1. The summed E-state index contributed by atoms with van der Waals surface area (Å²) in [6.45, 7) is 2.41. The first-order valence-electron chi connectivity index (χ1n) is 10.7. The van der Waals surface area contributed by atoms with Crippen LogP contribution in [0.2, 0.25) is 0 Å². The van der Waals surface area contributed by atoms with Gasteiger partial charge in [0.1, 0.15) is 5.69 Å². The molecular formula is C23H25N3O7. The van der Waals surface area contributed by atoms with Crippen molar-refractivity contribution in [3.8, 4) is 0 Å². The van der Waals surface area contributed by atoms with Gasteiger partial charge in [0.05, 0.1) is 38.3 Å². The average Bonchev–Trinajstić information content (AvgIpc) is 3.44. The fourth-order valence-corrected chi connectivity index (χ4v) is 4.05. The summed E-state index contributed by atoms with van der Waals surface area (Å²) < 4.78 is 18.4. The second-order valence-corrected chi connectivity index (χ2v) is 7.71. The molecule has 1 N–H and O–H groups in total. The molecule has 0 aliphatic carbocycles. The van der Waals surface area contributed by atoms with Crippen LogP contribution in [-0.4, -0.2) is 57.7 Å². The van der Waals surface area contributed by atoms with E-state index in [1.165, 1.54) is 0 Å². The van der Waals surface area contributed by atoms with Gasteiger partial charge in [0.15, 0.2) is 0 Å². The Balaban J connectivity index is 1.75. The van der Waals surface area contributed by atoms with Crippen LogP contribution in [0, 0.1) is 10.1 Å². The summed E-state index contributed by atoms with van der Waals surface area (Å²) >= 11 is 0. The number of hydrogen-bond donors (Lipinski definition) is 1. The van der Waals surface area contributed by atoms with Gasteiger partial charge < -0.3 is 19.3 Å². The van der Waals surface area contributed by atoms with Gasteiger partial charge in [0.2, 0.25) is 11.9 Å². The van der Waals surface area contributed by atoms with Crippen molar-refractivity contribution in [2.24, 2.45) is 0 Å². The number of benzene rings is 2. The molecule has 10 nitrogen and oxygen atoms in total. The number of aliphatic hydroxyl groups is 1. The van der Waals surface area contributed by atoms with Crippen molar-refractivity contribution in [1.29, 1.82) is 0 Å². The van der Waals surface area contributed by atoms with Crippen LogP contribution >= 0.6 is 0 Å². The normalized spacial score (nSPS) is 17.0. The fourth-order valence-electron chi connectivity index (χ4n) is 4.05. The largest absolute Gasteiger partial charge is 0.464 e. The van der Waals surface area contributed by atoms with Crippen molar-refractivity contribution in [3.63, 3.8) is 0 Å². The number of carbonyl (C=O) groups is 1. The fraction of sp³-hybridized carbons (Fsp3) is 0.391. The van der Waals surface area contributed by atoms with Gasteiger partial charge in [0, 0.05) is 10.3 Å². The third-order valence-corrected chi connectivity index (χ3v) is 5.59. The molecule has 3 aromatic rings. The summed E-state index contributed by atoms with van der Waals surface area (Å²) in [6, 6.07) is 15.5. The number of nitrogens with zero attached hydrogens (tertiary/aromatic N) is 3. The van der Waals surface area contributed by atoms with E-state index in [1.807, 2.05) is 54.6 Å². The molecule has 10 heteroatoms. The second-order valence-electron chi connectivity index (χ2n) is 7.71. The highest BCUT2D eigenvalue weighted by Gasteiger charge is 2.51. The SMILES string of the molecule is CCOC(=O)C(O)C(CC1(c2nn(Cc3ccccc3)c3ccccc23)OCCO1)[N+](=O)[O-]. The van der Waals surface area contributed by atoms with Gasteiger partial charge in [-0.05, 0) is 18.6 Å². The number of rotatable bonds is 9. The summed E-state index contributed by atoms with van der Waals surface area (Å²) in [7, 11) is 0. The maximum atomic E-state index is 12.0. The van der Waals surface area contributed by atoms with E-state index in [9.17, 15) is 20.0 Å². The topological polar surface area (TPSA) is 126 Å². The van der Waals surface area contributed by atoms with Crippen molar-refractivity contribution in [3.05, 3.63) is 76.0 Å². The molecule has 0 spiro atoms. The third-order valence-electron chi connectivity index (χ3n) is 5.59. The Labute approximate surface area is 189 Å². The van der Waals surface area contributed by atoms with E-state index < -0.39 is 35.2 Å². The first-order valence-corrected chi connectivity index (χ1v) is 10.7. The molecule has 33 heavy (non-hydrogen) atoms. The zero-order chi connectivity index (χ0) is 23.4. The molecule has 0 amide bonds. The van der Waals surface area contributed by atoms with Crippen molar-refractivity contribution < 1.29 is 29.0 Å². The lowest BCUT2D eigenvalue weighted by Crippen LogP contribution is -2.46. The molecule has 0 saturated carbocycles. The Morgan fingerprint density at radius 3 is 2.55 bits per heavy atom. The molecule has 1 aliphatic heterocycles. The maximum absolute atomic E-state index is 12.0. The van der Waals surface area contributed by atoms with E-state index in [2.05, 4.69) is 0 Å². The monoisotopic (exact) mass is 455 g/mol. The van der Waals surface area contributed by atoms with Gasteiger partial charge in [0.25, 0.3) is 6.04 Å². The standard InChI is InChI=1S/C23H25N3O7/c1-2-31-22(28)20(27)19(26(29)30)14-23(32-12-13-33-23)21-17-10-6-7-11-18(17)25(24-21)15-16-8-4-3-5-9-16/h3-11,19-20,27H,2,12-15H2,1H3. The van der Waals surface area contributed by atoms with Gasteiger partial charge in [-0.2, -0.15) is 5.10 Å². The van der Waals surface area contributed by atoms with Crippen LogP contribution in [0.3, 0.4) is 0 Å². The molecule has 174 valence electrons. The number of esters is 1. The summed E-state index contributed by atoms with van der Waals surface area (Å²) in [5.41, 5.74) is 2.20. The van der Waals surface area contributed by atoms with E-state index in [0.717, 1.165) is 11.1 Å². The van der Waals surface area contributed by atoms with E-state index in [1.54, 1.807) is 11.6 Å². The molecule has 2 heterocycles. The number of ether oxygens (including phenoxy) is 3. The number of aliphatic hydroxyl groups excluding tert-OH is 1. The Hall–Kier alpha value is -3.34. The number of nitro groups is 1. The lowest BCUT2D eigenvalue weighted by atomic mass is 9.97. The molecule has 1 saturated heterocycles. The molecule has 2 atom stereocenters. The predicted molar refractivity (Wildman–Crippen MR) is 117 cm³/mol. The Bertz CT molecular complexity index is 1130. The smallest absolute Gasteiger partial charge is 0.342 e. The molecule has 1 aromatic heterocycles. The highest BCUT2D eigenvalue weighted by atomic mass is 16.7. The Morgan fingerprint density at radius 2 is 1.88 bits per heavy atom. The van der Waals surface area contributed by atoms with Crippen LogP contribution < -0.4 is 0 Å². The average molecular weight is 455 g/mol. The molecular weight excluding hydrogens is 430 g/mol. The molecule has 2 unspecified atom stereocenters. The summed E-state index contributed by atoms with van der Waals surface area (Å²) in [5.74, 6) is -2.65. The molecule has 2 aromatic carbocycles. The molecule has 4 rings (SSSR count). The second kappa shape index (κ2) is 9.65. The lowest BCUT2D eigenvalue weighted by molar-refractivity contribution is -0.539. The van der Waals surface area contributed by atoms with Crippen LogP contribution in [0.25, 0.3) is 10.9 Å².